The fraction of sp³-hybridized carbons (Fsp3) is 0.259. The molecular weight excluding hydrogens is 472 g/mol. The highest BCUT2D eigenvalue weighted by atomic mass is 16.5. The summed E-state index contributed by atoms with van der Waals surface area (Å²) in [6.45, 7) is 2.57. The molecule has 3 heterocycles. The Morgan fingerprint density at radius 1 is 0.973 bits per heavy atom. The lowest BCUT2D eigenvalue weighted by atomic mass is 10.1. The maximum Gasteiger partial charge on any atom is 0.331 e. The molecule has 2 aromatic heterocycles. The predicted molar refractivity (Wildman–Crippen MR) is 140 cm³/mol. The van der Waals surface area contributed by atoms with Gasteiger partial charge in [0.15, 0.2) is 6.61 Å². The molecule has 0 unspecified atom stereocenters. The zero-order valence-corrected chi connectivity index (χ0v) is 20.6. The number of piperazine rings is 1. The topological polar surface area (TPSA) is 116 Å². The number of carbonyl (C=O) groups is 1. The Morgan fingerprint density at radius 3 is 2.30 bits per heavy atom. The monoisotopic (exact) mass is 498 g/mol. The Balaban J connectivity index is 1.18. The van der Waals surface area contributed by atoms with Crippen molar-refractivity contribution in [3.05, 3.63) is 81.0 Å². The van der Waals surface area contributed by atoms with Crippen LogP contribution >= 0.6 is 0 Å². The zero-order chi connectivity index (χ0) is 26.1. The number of aromatic nitrogens is 3. The highest BCUT2D eigenvalue weighted by Crippen LogP contribution is 2.24. The molecule has 188 valence electrons. The number of hydrogen-bond acceptors (Lipinski definition) is 6. The first kappa shape index (κ1) is 23.9. The summed E-state index contributed by atoms with van der Waals surface area (Å²) in [6.07, 6.45) is 0. The van der Waals surface area contributed by atoms with E-state index in [2.05, 4.69) is 16.0 Å². The van der Waals surface area contributed by atoms with Gasteiger partial charge in [0.25, 0.3) is 11.5 Å². The van der Waals surface area contributed by atoms with Crippen molar-refractivity contribution in [1.82, 2.24) is 19.0 Å². The number of anilines is 1. The van der Waals surface area contributed by atoms with Crippen molar-refractivity contribution in [3.63, 3.8) is 0 Å². The van der Waals surface area contributed by atoms with Crippen LogP contribution in [0.15, 0.2) is 64.2 Å². The van der Waals surface area contributed by atoms with E-state index in [1.807, 2.05) is 24.3 Å². The minimum atomic E-state index is -0.382. The number of H-pyrrole nitrogens is 1. The minimum absolute atomic E-state index is 0.0548. The van der Waals surface area contributed by atoms with Crippen molar-refractivity contribution in [2.75, 3.05) is 37.7 Å². The van der Waals surface area contributed by atoms with Gasteiger partial charge in [-0.05, 0) is 60.2 Å². The van der Waals surface area contributed by atoms with Gasteiger partial charge in [-0.1, -0.05) is 0 Å². The van der Waals surface area contributed by atoms with Crippen molar-refractivity contribution in [2.24, 2.45) is 14.1 Å². The van der Waals surface area contributed by atoms with Crippen molar-refractivity contribution in [1.29, 1.82) is 5.26 Å². The predicted octanol–water partition coefficient (Wildman–Crippen LogP) is 1.83. The number of fused-ring (bicyclic) bond motifs is 1. The van der Waals surface area contributed by atoms with E-state index in [4.69, 9.17) is 10.00 Å². The Kier molecular flexibility index (Phi) is 6.27. The summed E-state index contributed by atoms with van der Waals surface area (Å²) in [6, 6.07) is 18.6. The van der Waals surface area contributed by atoms with Crippen molar-refractivity contribution >= 4 is 22.6 Å². The summed E-state index contributed by atoms with van der Waals surface area (Å²) in [4.78, 5) is 44.4. The lowest BCUT2D eigenvalue weighted by molar-refractivity contribution is -0.133. The normalized spacial score (nSPS) is 13.5. The van der Waals surface area contributed by atoms with E-state index >= 15 is 0 Å². The Hall–Kier alpha value is -4.78. The quantitative estimate of drug-likeness (QED) is 0.449. The number of carbonyl (C=O) groups excluding carboxylic acids is 1. The Bertz CT molecular complexity index is 1620. The van der Waals surface area contributed by atoms with E-state index in [1.54, 1.807) is 42.3 Å². The third-order valence-corrected chi connectivity index (χ3v) is 6.77. The van der Waals surface area contributed by atoms with Gasteiger partial charge in [0.05, 0.1) is 17.1 Å². The van der Waals surface area contributed by atoms with Crippen LogP contribution in [0.25, 0.3) is 22.3 Å². The molecule has 1 amide bonds. The number of nitriles is 1. The average Bonchev–Trinajstić information content (AvgIpc) is 3.40. The number of nitrogens with one attached hydrogen (secondary N) is 1. The molecule has 0 radical (unpaired) electrons. The Morgan fingerprint density at radius 2 is 1.65 bits per heavy atom. The number of rotatable bonds is 5. The molecule has 10 heteroatoms. The van der Waals surface area contributed by atoms with Crippen LogP contribution in [0.1, 0.15) is 5.56 Å². The highest BCUT2D eigenvalue weighted by Gasteiger charge is 2.22. The van der Waals surface area contributed by atoms with Gasteiger partial charge in [-0.3, -0.25) is 18.7 Å². The number of aryl methyl sites for hydroxylation is 1. The van der Waals surface area contributed by atoms with Gasteiger partial charge in [0.2, 0.25) is 0 Å². The maximum absolute atomic E-state index is 12.7. The lowest BCUT2D eigenvalue weighted by Gasteiger charge is -2.36. The number of nitrogens with zero attached hydrogens (tertiary/aromatic N) is 5. The molecule has 5 rings (SSSR count). The third-order valence-electron chi connectivity index (χ3n) is 6.77. The van der Waals surface area contributed by atoms with Gasteiger partial charge < -0.3 is 19.5 Å². The summed E-state index contributed by atoms with van der Waals surface area (Å²) in [5.41, 5.74) is 3.34. The van der Waals surface area contributed by atoms with Crippen LogP contribution < -0.4 is 20.9 Å². The molecule has 10 nitrogen and oxygen atoms in total. The molecule has 1 aliphatic rings. The molecule has 0 aliphatic carbocycles. The van der Waals surface area contributed by atoms with Gasteiger partial charge >= 0.3 is 5.69 Å². The molecule has 0 atom stereocenters. The second-order valence-electron chi connectivity index (χ2n) is 8.99. The lowest BCUT2D eigenvalue weighted by Crippen LogP contribution is -2.50. The third kappa shape index (κ3) is 4.59. The summed E-state index contributed by atoms with van der Waals surface area (Å²) in [7, 11) is 3.08. The maximum atomic E-state index is 12.7. The van der Waals surface area contributed by atoms with E-state index in [0.29, 0.717) is 54.2 Å². The van der Waals surface area contributed by atoms with Crippen molar-refractivity contribution < 1.29 is 9.53 Å². The van der Waals surface area contributed by atoms with Crippen molar-refractivity contribution in [3.8, 4) is 23.1 Å². The van der Waals surface area contributed by atoms with Crippen LogP contribution in [0.4, 0.5) is 5.69 Å². The second kappa shape index (κ2) is 9.70. The fourth-order valence-corrected chi connectivity index (χ4v) is 4.54. The first-order valence-corrected chi connectivity index (χ1v) is 11.9. The molecular formula is C27H26N6O4. The van der Waals surface area contributed by atoms with Gasteiger partial charge in [0.1, 0.15) is 11.3 Å². The number of ether oxygens (including phenoxy) is 1. The molecule has 1 aliphatic heterocycles. The van der Waals surface area contributed by atoms with Crippen LogP contribution in [0.3, 0.4) is 0 Å². The van der Waals surface area contributed by atoms with Gasteiger partial charge in [0, 0.05) is 51.7 Å². The number of hydrogen-bond donors (Lipinski definition) is 1. The number of benzene rings is 2. The molecule has 4 aromatic rings. The van der Waals surface area contributed by atoms with Gasteiger partial charge in [-0.25, -0.2) is 4.79 Å². The smallest absolute Gasteiger partial charge is 0.331 e. The summed E-state index contributed by atoms with van der Waals surface area (Å²) in [5, 5.41) is 8.95. The Labute approximate surface area is 212 Å². The van der Waals surface area contributed by atoms with E-state index in [1.165, 1.54) is 11.6 Å². The summed E-state index contributed by atoms with van der Waals surface area (Å²) in [5.74, 6) is 0.490. The first-order valence-electron chi connectivity index (χ1n) is 11.9. The van der Waals surface area contributed by atoms with E-state index in [0.717, 1.165) is 15.8 Å². The summed E-state index contributed by atoms with van der Waals surface area (Å²) < 4.78 is 8.24. The standard InChI is InChI=1S/C27H26N6O4/c1-30-23-15-22(29-25(23)26(35)31(2)27(30)36)19-5-9-21(10-6-19)37-17-24(34)33-13-11-32(12-14-33)20-7-3-18(16-28)4-8-20/h3-10,15,29H,11-14,17H2,1-2H3. The first-order chi connectivity index (χ1) is 17.9. The fourth-order valence-electron chi connectivity index (χ4n) is 4.54. The van der Waals surface area contributed by atoms with E-state index in [-0.39, 0.29) is 23.8 Å². The number of amides is 1. The second-order valence-corrected chi connectivity index (χ2v) is 8.99. The van der Waals surface area contributed by atoms with Crippen LogP contribution in [0.5, 0.6) is 5.75 Å². The van der Waals surface area contributed by atoms with Crippen LogP contribution in [-0.2, 0) is 18.9 Å². The molecule has 37 heavy (non-hydrogen) atoms. The zero-order valence-electron chi connectivity index (χ0n) is 20.6. The van der Waals surface area contributed by atoms with Crippen LogP contribution in [-0.4, -0.2) is 57.7 Å². The molecule has 1 N–H and O–H groups in total. The largest absolute Gasteiger partial charge is 0.484 e. The molecule has 1 fully saturated rings. The van der Waals surface area contributed by atoms with E-state index < -0.39 is 0 Å². The highest BCUT2D eigenvalue weighted by molar-refractivity contribution is 5.82. The SMILES string of the molecule is Cn1c(=O)c2[nH]c(-c3ccc(OCC(=O)N4CCN(c5ccc(C#N)cc5)CC4)cc3)cc2n(C)c1=O. The van der Waals surface area contributed by atoms with Gasteiger partial charge in [-0.2, -0.15) is 5.26 Å². The van der Waals surface area contributed by atoms with Crippen LogP contribution in [0.2, 0.25) is 0 Å². The van der Waals surface area contributed by atoms with Crippen LogP contribution in [0, 0.1) is 11.3 Å². The summed E-state index contributed by atoms with van der Waals surface area (Å²) >= 11 is 0. The molecule has 2 aromatic carbocycles. The molecule has 0 spiro atoms. The van der Waals surface area contributed by atoms with Crippen molar-refractivity contribution in [2.45, 2.75) is 0 Å². The average molecular weight is 499 g/mol. The van der Waals surface area contributed by atoms with Gasteiger partial charge in [-0.15, -0.1) is 0 Å². The molecule has 0 bridgehead atoms. The minimum Gasteiger partial charge on any atom is -0.484 e. The number of aromatic amines is 1. The van der Waals surface area contributed by atoms with E-state index in [9.17, 15) is 14.4 Å². The molecule has 1 saturated heterocycles. The molecule has 0 saturated carbocycles.